The second kappa shape index (κ2) is 5.05. The van der Waals surface area contributed by atoms with Crippen molar-refractivity contribution >= 4 is 17.9 Å². The van der Waals surface area contributed by atoms with E-state index >= 15 is 0 Å². The highest BCUT2D eigenvalue weighted by Crippen LogP contribution is 2.33. The summed E-state index contributed by atoms with van der Waals surface area (Å²) in [4.78, 5) is 10.7. The molecule has 0 atom stereocenters. The predicted octanol–water partition coefficient (Wildman–Crippen LogP) is 4.84. The van der Waals surface area contributed by atoms with Crippen LogP contribution in [0, 0.1) is 0 Å². The van der Waals surface area contributed by atoms with E-state index < -0.39 is 11.7 Å². The van der Waals surface area contributed by atoms with E-state index in [9.17, 15) is 18.0 Å². The molecule has 0 aromatic heterocycles. The van der Waals surface area contributed by atoms with E-state index in [1.807, 2.05) is 0 Å². The molecule has 1 nitrogen and oxygen atoms in total. The van der Waals surface area contributed by atoms with Crippen molar-refractivity contribution in [2.45, 2.75) is 6.18 Å². The molecule has 0 radical (unpaired) electrons. The Morgan fingerprint density at radius 3 is 2.11 bits per heavy atom. The van der Waals surface area contributed by atoms with Gasteiger partial charge < -0.3 is 0 Å². The van der Waals surface area contributed by atoms with Gasteiger partial charge in [-0.15, -0.1) is 0 Å². The monoisotopic (exact) mass is 284 g/mol. The number of halogens is 4. The molecule has 0 amide bonds. The molecule has 0 saturated carbocycles. The lowest BCUT2D eigenvalue weighted by atomic mass is 10.00. The van der Waals surface area contributed by atoms with E-state index in [-0.39, 0.29) is 5.56 Å². The first-order chi connectivity index (χ1) is 8.90. The van der Waals surface area contributed by atoms with Gasteiger partial charge in [-0.3, -0.25) is 4.79 Å². The van der Waals surface area contributed by atoms with Gasteiger partial charge in [-0.1, -0.05) is 23.7 Å². The van der Waals surface area contributed by atoms with Crippen molar-refractivity contribution < 1.29 is 18.0 Å². The highest BCUT2D eigenvalue weighted by molar-refractivity contribution is 6.30. The Morgan fingerprint density at radius 1 is 0.947 bits per heavy atom. The Morgan fingerprint density at radius 2 is 1.58 bits per heavy atom. The molecule has 0 spiro atoms. The molecule has 0 aliphatic heterocycles. The maximum Gasteiger partial charge on any atom is 0.416 e. The van der Waals surface area contributed by atoms with Crippen molar-refractivity contribution in [3.63, 3.8) is 0 Å². The first-order valence-electron chi connectivity index (χ1n) is 5.33. The summed E-state index contributed by atoms with van der Waals surface area (Å²) >= 11 is 5.73. The minimum absolute atomic E-state index is 0.0141. The number of aldehydes is 1. The van der Waals surface area contributed by atoms with Crippen LogP contribution in [0.2, 0.25) is 5.02 Å². The fourth-order valence-electron chi connectivity index (χ4n) is 1.69. The summed E-state index contributed by atoms with van der Waals surface area (Å²) in [5, 5.41) is 0.492. The van der Waals surface area contributed by atoms with Crippen LogP contribution in [0.15, 0.2) is 42.5 Å². The van der Waals surface area contributed by atoms with Gasteiger partial charge in [0.25, 0.3) is 0 Å². The predicted molar refractivity (Wildman–Crippen MR) is 67.3 cm³/mol. The second-order valence-corrected chi connectivity index (χ2v) is 4.40. The molecular formula is C14H8ClF3O. The third-order valence-corrected chi connectivity index (χ3v) is 2.85. The molecule has 0 N–H and O–H groups in total. The highest BCUT2D eigenvalue weighted by Gasteiger charge is 2.31. The van der Waals surface area contributed by atoms with Gasteiger partial charge in [-0.25, -0.2) is 0 Å². The lowest BCUT2D eigenvalue weighted by Crippen LogP contribution is -2.06. The van der Waals surface area contributed by atoms with Crippen LogP contribution in [0.5, 0.6) is 0 Å². The van der Waals surface area contributed by atoms with Crippen LogP contribution in [-0.4, -0.2) is 6.29 Å². The van der Waals surface area contributed by atoms with Crippen molar-refractivity contribution in [2.75, 3.05) is 0 Å². The Labute approximate surface area is 112 Å². The fourth-order valence-corrected chi connectivity index (χ4v) is 1.82. The lowest BCUT2D eigenvalue weighted by Gasteiger charge is -2.10. The Balaban J connectivity index is 2.57. The standard InChI is InChI=1S/C14H8ClF3O/c15-13-3-1-10(2-4-13)11-5-9(8-19)6-12(7-11)14(16,17)18/h1-8H. The summed E-state index contributed by atoms with van der Waals surface area (Å²) in [6.07, 6.45) is -4.09. The number of carbonyl (C=O) groups is 1. The Bertz CT molecular complexity index is 603. The number of rotatable bonds is 2. The Kier molecular flexibility index (Phi) is 3.62. The molecule has 0 aliphatic rings. The van der Waals surface area contributed by atoms with Crippen molar-refractivity contribution in [1.29, 1.82) is 0 Å². The Hall–Kier alpha value is -1.81. The number of hydrogen-bond acceptors (Lipinski definition) is 1. The van der Waals surface area contributed by atoms with Crippen LogP contribution >= 0.6 is 11.6 Å². The number of hydrogen-bond donors (Lipinski definition) is 0. The second-order valence-electron chi connectivity index (χ2n) is 3.97. The zero-order valence-electron chi connectivity index (χ0n) is 9.54. The zero-order valence-corrected chi connectivity index (χ0v) is 10.3. The summed E-state index contributed by atoms with van der Waals surface area (Å²) in [6.45, 7) is 0. The smallest absolute Gasteiger partial charge is 0.298 e. The molecule has 0 fully saturated rings. The van der Waals surface area contributed by atoms with Crippen molar-refractivity contribution in [1.82, 2.24) is 0 Å². The number of benzene rings is 2. The van der Waals surface area contributed by atoms with Gasteiger partial charge in [0.15, 0.2) is 0 Å². The van der Waals surface area contributed by atoms with E-state index in [0.717, 1.165) is 12.1 Å². The molecule has 19 heavy (non-hydrogen) atoms. The summed E-state index contributed by atoms with van der Waals surface area (Å²) in [6, 6.07) is 9.61. The van der Waals surface area contributed by atoms with E-state index in [1.165, 1.54) is 6.07 Å². The van der Waals surface area contributed by atoms with Gasteiger partial charge in [0.1, 0.15) is 6.29 Å². The molecule has 0 saturated heterocycles. The maximum absolute atomic E-state index is 12.7. The van der Waals surface area contributed by atoms with E-state index in [4.69, 9.17) is 11.6 Å². The molecule has 2 aromatic rings. The molecule has 0 aliphatic carbocycles. The molecule has 2 rings (SSSR count). The third-order valence-electron chi connectivity index (χ3n) is 2.60. The normalized spacial score (nSPS) is 11.4. The van der Waals surface area contributed by atoms with Gasteiger partial charge in [0, 0.05) is 10.6 Å². The van der Waals surface area contributed by atoms with Crippen molar-refractivity contribution in [3.05, 3.63) is 58.6 Å². The van der Waals surface area contributed by atoms with E-state index in [0.29, 0.717) is 22.4 Å². The third kappa shape index (κ3) is 3.15. The zero-order chi connectivity index (χ0) is 14.0. The molecule has 98 valence electrons. The molecule has 2 aromatic carbocycles. The van der Waals surface area contributed by atoms with Gasteiger partial charge in [0.2, 0.25) is 0 Å². The molecule has 5 heteroatoms. The fraction of sp³-hybridized carbons (Fsp3) is 0.0714. The quantitative estimate of drug-likeness (QED) is 0.721. The topological polar surface area (TPSA) is 17.1 Å². The summed E-state index contributed by atoms with van der Waals surface area (Å²) < 4.78 is 38.2. The molecular weight excluding hydrogens is 277 g/mol. The van der Waals surface area contributed by atoms with E-state index in [1.54, 1.807) is 24.3 Å². The number of carbonyl (C=O) groups excluding carboxylic acids is 1. The van der Waals surface area contributed by atoms with Crippen LogP contribution < -0.4 is 0 Å². The first kappa shape index (κ1) is 13.6. The lowest BCUT2D eigenvalue weighted by molar-refractivity contribution is -0.137. The minimum Gasteiger partial charge on any atom is -0.298 e. The van der Waals surface area contributed by atoms with E-state index in [2.05, 4.69) is 0 Å². The average Bonchev–Trinajstić information content (AvgIpc) is 2.38. The molecule has 0 unspecified atom stereocenters. The minimum atomic E-state index is -4.49. The summed E-state index contributed by atoms with van der Waals surface area (Å²) in [5.74, 6) is 0. The number of alkyl halides is 3. The van der Waals surface area contributed by atoms with Crippen LogP contribution in [0.25, 0.3) is 11.1 Å². The summed E-state index contributed by atoms with van der Waals surface area (Å²) in [5.41, 5.74) is 0.0361. The molecule has 0 heterocycles. The largest absolute Gasteiger partial charge is 0.416 e. The summed E-state index contributed by atoms with van der Waals surface area (Å²) in [7, 11) is 0. The SMILES string of the molecule is O=Cc1cc(-c2ccc(Cl)cc2)cc(C(F)(F)F)c1. The van der Waals surface area contributed by atoms with Gasteiger partial charge in [0.05, 0.1) is 5.56 Å². The average molecular weight is 285 g/mol. The van der Waals surface area contributed by atoms with Crippen molar-refractivity contribution in [2.24, 2.45) is 0 Å². The highest BCUT2D eigenvalue weighted by atomic mass is 35.5. The van der Waals surface area contributed by atoms with Crippen LogP contribution in [0.4, 0.5) is 13.2 Å². The van der Waals surface area contributed by atoms with Crippen LogP contribution in [0.1, 0.15) is 15.9 Å². The maximum atomic E-state index is 12.7. The first-order valence-corrected chi connectivity index (χ1v) is 5.71. The van der Waals surface area contributed by atoms with Crippen molar-refractivity contribution in [3.8, 4) is 11.1 Å². The van der Waals surface area contributed by atoms with Gasteiger partial charge in [-0.2, -0.15) is 13.2 Å². The molecule has 0 bridgehead atoms. The van der Waals surface area contributed by atoms with Gasteiger partial charge in [-0.05, 0) is 41.5 Å². The van der Waals surface area contributed by atoms with Crippen LogP contribution in [-0.2, 0) is 6.18 Å². The van der Waals surface area contributed by atoms with Gasteiger partial charge >= 0.3 is 6.18 Å². The van der Waals surface area contributed by atoms with Crippen LogP contribution in [0.3, 0.4) is 0 Å².